The molecule has 6 nitrogen and oxygen atoms in total. The molecule has 1 aromatic carbocycles. The van der Waals surface area contributed by atoms with E-state index in [1.54, 1.807) is 0 Å². The van der Waals surface area contributed by atoms with Crippen LogP contribution in [0, 0.1) is 0 Å². The molecule has 0 saturated carbocycles. The quantitative estimate of drug-likeness (QED) is 0.142. The van der Waals surface area contributed by atoms with Gasteiger partial charge in [-0.05, 0) is 24.6 Å². The number of benzene rings is 1. The van der Waals surface area contributed by atoms with E-state index in [9.17, 15) is 14.4 Å². The summed E-state index contributed by atoms with van der Waals surface area (Å²) in [5, 5.41) is 20.9. The van der Waals surface area contributed by atoms with E-state index in [0.717, 1.165) is 25.3 Å². The van der Waals surface area contributed by atoms with E-state index in [1.165, 1.54) is 108 Å². The first-order chi connectivity index (χ1) is 16.9. The largest absolute Gasteiger partial charge is 0.478 e. The van der Waals surface area contributed by atoms with Gasteiger partial charge in [-0.25, -0.2) is 9.59 Å². The summed E-state index contributed by atoms with van der Waals surface area (Å²) < 4.78 is 0. The minimum atomic E-state index is -1.23. The number of carboxylic acids is 2. The van der Waals surface area contributed by atoms with Crippen LogP contribution in [0.1, 0.15) is 150 Å². The summed E-state index contributed by atoms with van der Waals surface area (Å²) in [6.45, 7) is 2.27. The van der Waals surface area contributed by atoms with Crippen molar-refractivity contribution >= 4 is 23.5 Å². The topological polar surface area (TPSA) is 104 Å². The van der Waals surface area contributed by atoms with Crippen molar-refractivity contribution in [1.29, 1.82) is 0 Å². The van der Waals surface area contributed by atoms with Crippen LogP contribution in [-0.4, -0.2) is 28.1 Å². The Morgan fingerprint density at radius 2 is 0.914 bits per heavy atom. The third-order valence-electron chi connectivity index (χ3n) is 6.47. The highest BCUT2D eigenvalue weighted by molar-refractivity contribution is 5.98. The SMILES string of the molecule is CCCCCCCCCCCCCCCCCCCCC(=O)Nc1cc(C(=O)O)cc(C(=O)O)c1. The molecule has 6 heteroatoms. The van der Waals surface area contributed by atoms with Crippen molar-refractivity contribution < 1.29 is 24.6 Å². The molecule has 0 saturated heterocycles. The molecule has 198 valence electrons. The molecular formula is C29H47NO5. The summed E-state index contributed by atoms with van der Waals surface area (Å²) in [7, 11) is 0. The highest BCUT2D eigenvalue weighted by atomic mass is 16.4. The van der Waals surface area contributed by atoms with Gasteiger partial charge in [-0.15, -0.1) is 0 Å². The molecule has 0 aliphatic carbocycles. The van der Waals surface area contributed by atoms with Gasteiger partial charge in [0.05, 0.1) is 11.1 Å². The van der Waals surface area contributed by atoms with E-state index < -0.39 is 11.9 Å². The molecule has 0 bridgehead atoms. The Balaban J connectivity index is 1.98. The number of carbonyl (C=O) groups excluding carboxylic acids is 1. The summed E-state index contributed by atoms with van der Waals surface area (Å²) >= 11 is 0. The Hall–Kier alpha value is -2.37. The van der Waals surface area contributed by atoms with Crippen LogP contribution in [0.25, 0.3) is 0 Å². The Morgan fingerprint density at radius 1 is 0.571 bits per heavy atom. The van der Waals surface area contributed by atoms with Gasteiger partial charge in [-0.1, -0.05) is 116 Å². The lowest BCUT2D eigenvalue weighted by molar-refractivity contribution is -0.116. The number of aromatic carboxylic acids is 2. The van der Waals surface area contributed by atoms with Crippen LogP contribution in [0.15, 0.2) is 18.2 Å². The number of anilines is 1. The zero-order valence-corrected chi connectivity index (χ0v) is 21.8. The van der Waals surface area contributed by atoms with Gasteiger partial charge in [-0.3, -0.25) is 4.79 Å². The first-order valence-corrected chi connectivity index (χ1v) is 13.9. The lowest BCUT2D eigenvalue weighted by Gasteiger charge is -2.08. The molecule has 0 spiro atoms. The lowest BCUT2D eigenvalue weighted by atomic mass is 10.0. The molecule has 0 aliphatic rings. The monoisotopic (exact) mass is 489 g/mol. The van der Waals surface area contributed by atoms with Gasteiger partial charge in [0.15, 0.2) is 0 Å². The van der Waals surface area contributed by atoms with E-state index in [-0.39, 0.29) is 22.7 Å². The molecule has 0 aromatic heterocycles. The molecule has 1 rings (SSSR count). The van der Waals surface area contributed by atoms with Crippen LogP contribution in [0.4, 0.5) is 5.69 Å². The summed E-state index contributed by atoms with van der Waals surface area (Å²) in [5.74, 6) is -2.68. The maximum absolute atomic E-state index is 12.1. The van der Waals surface area contributed by atoms with E-state index in [1.807, 2.05) is 0 Å². The smallest absolute Gasteiger partial charge is 0.335 e. The first-order valence-electron chi connectivity index (χ1n) is 13.9. The van der Waals surface area contributed by atoms with Gasteiger partial charge in [-0.2, -0.15) is 0 Å². The molecule has 1 aromatic rings. The Kier molecular flexibility index (Phi) is 17.4. The fraction of sp³-hybridized carbons (Fsp3) is 0.690. The normalized spacial score (nSPS) is 10.9. The van der Waals surface area contributed by atoms with Crippen LogP contribution in [0.3, 0.4) is 0 Å². The van der Waals surface area contributed by atoms with Gasteiger partial charge >= 0.3 is 11.9 Å². The van der Waals surface area contributed by atoms with Crippen molar-refractivity contribution in [3.8, 4) is 0 Å². The van der Waals surface area contributed by atoms with Crippen LogP contribution < -0.4 is 5.32 Å². The maximum Gasteiger partial charge on any atom is 0.335 e. The van der Waals surface area contributed by atoms with E-state index in [0.29, 0.717) is 6.42 Å². The van der Waals surface area contributed by atoms with Crippen LogP contribution in [0.5, 0.6) is 0 Å². The molecular weight excluding hydrogens is 442 g/mol. The first kappa shape index (κ1) is 30.7. The Bertz CT molecular complexity index is 714. The van der Waals surface area contributed by atoms with E-state index in [2.05, 4.69) is 12.2 Å². The standard InChI is InChI=1S/C29H47NO5/c1-2-3-4-5-6-7-8-9-10-11-12-13-14-15-16-17-18-19-20-27(31)30-26-22-24(28(32)33)21-25(23-26)29(34)35/h21-23H,2-20H2,1H3,(H,30,31)(H,32,33)(H,34,35). The summed E-state index contributed by atoms with van der Waals surface area (Å²) in [6.07, 6.45) is 23.6. The molecule has 0 aliphatic heterocycles. The number of carboxylic acid groups (broad SMARTS) is 2. The predicted molar refractivity (Wildman–Crippen MR) is 142 cm³/mol. The molecule has 0 unspecified atom stereocenters. The average molecular weight is 490 g/mol. The van der Waals surface area contributed by atoms with Gasteiger partial charge in [0.2, 0.25) is 5.91 Å². The second kappa shape index (κ2) is 19.9. The van der Waals surface area contributed by atoms with Crippen LogP contribution in [-0.2, 0) is 4.79 Å². The third kappa shape index (κ3) is 16.0. The van der Waals surface area contributed by atoms with Crippen molar-refractivity contribution in [2.45, 2.75) is 129 Å². The number of carbonyl (C=O) groups is 3. The van der Waals surface area contributed by atoms with Crippen LogP contribution in [0.2, 0.25) is 0 Å². The molecule has 0 fully saturated rings. The second-order valence-electron chi connectivity index (χ2n) is 9.72. The van der Waals surface area contributed by atoms with Gasteiger partial charge in [0.1, 0.15) is 0 Å². The second-order valence-corrected chi connectivity index (χ2v) is 9.72. The molecule has 0 heterocycles. The van der Waals surface area contributed by atoms with Crippen molar-refractivity contribution in [2.75, 3.05) is 5.32 Å². The van der Waals surface area contributed by atoms with Crippen molar-refractivity contribution in [1.82, 2.24) is 0 Å². The van der Waals surface area contributed by atoms with Gasteiger partial charge < -0.3 is 15.5 Å². The number of hydrogen-bond donors (Lipinski definition) is 3. The van der Waals surface area contributed by atoms with E-state index >= 15 is 0 Å². The highest BCUT2D eigenvalue weighted by Gasteiger charge is 2.13. The van der Waals surface area contributed by atoms with Crippen molar-refractivity contribution in [3.63, 3.8) is 0 Å². The predicted octanol–water partition coefficient (Wildman–Crippen LogP) is 8.45. The number of amides is 1. The van der Waals surface area contributed by atoms with Crippen molar-refractivity contribution in [2.24, 2.45) is 0 Å². The minimum Gasteiger partial charge on any atom is -0.478 e. The molecule has 0 atom stereocenters. The third-order valence-corrected chi connectivity index (χ3v) is 6.47. The van der Waals surface area contributed by atoms with Gasteiger partial charge in [0, 0.05) is 12.1 Å². The highest BCUT2D eigenvalue weighted by Crippen LogP contribution is 2.17. The zero-order chi connectivity index (χ0) is 25.7. The molecule has 3 N–H and O–H groups in total. The fourth-order valence-corrected chi connectivity index (χ4v) is 4.36. The fourth-order valence-electron chi connectivity index (χ4n) is 4.36. The molecule has 35 heavy (non-hydrogen) atoms. The average Bonchev–Trinajstić information content (AvgIpc) is 2.83. The summed E-state index contributed by atoms with van der Waals surface area (Å²) in [5.41, 5.74) is -0.114. The Labute approximate surface area is 211 Å². The molecule has 0 radical (unpaired) electrons. The number of nitrogens with one attached hydrogen (secondary N) is 1. The molecule has 1 amide bonds. The lowest BCUT2D eigenvalue weighted by Crippen LogP contribution is -2.13. The number of unbranched alkanes of at least 4 members (excludes halogenated alkanes) is 17. The van der Waals surface area contributed by atoms with Gasteiger partial charge in [0.25, 0.3) is 0 Å². The van der Waals surface area contributed by atoms with Crippen molar-refractivity contribution in [3.05, 3.63) is 29.3 Å². The summed E-state index contributed by atoms with van der Waals surface area (Å²) in [4.78, 5) is 34.5. The van der Waals surface area contributed by atoms with Crippen LogP contribution >= 0.6 is 0 Å². The Morgan fingerprint density at radius 3 is 1.26 bits per heavy atom. The minimum absolute atomic E-state index is 0.159. The summed E-state index contributed by atoms with van der Waals surface area (Å²) in [6, 6.07) is 3.64. The number of hydrogen-bond acceptors (Lipinski definition) is 3. The van der Waals surface area contributed by atoms with E-state index in [4.69, 9.17) is 10.2 Å². The maximum atomic E-state index is 12.1. The number of rotatable bonds is 22. The zero-order valence-electron chi connectivity index (χ0n) is 21.8.